The average molecular weight is 354 g/mol. The van der Waals surface area contributed by atoms with E-state index < -0.39 is 0 Å². The molecule has 1 aromatic carbocycles. The van der Waals surface area contributed by atoms with E-state index in [1.54, 1.807) is 6.20 Å². The van der Waals surface area contributed by atoms with E-state index in [9.17, 15) is 0 Å². The Balaban J connectivity index is 2.04. The third kappa shape index (κ3) is 3.66. The summed E-state index contributed by atoms with van der Waals surface area (Å²) in [5.74, 6) is 1.42. The zero-order chi connectivity index (χ0) is 12.8. The van der Waals surface area contributed by atoms with Crippen LogP contribution in [-0.2, 0) is 6.42 Å². The number of aryl methyl sites for hydroxylation is 1. The van der Waals surface area contributed by atoms with Gasteiger partial charge in [-0.3, -0.25) is 0 Å². The summed E-state index contributed by atoms with van der Waals surface area (Å²) < 4.78 is 6.62. The zero-order valence-corrected chi connectivity index (χ0v) is 12.4. The molecule has 0 saturated heterocycles. The molecule has 0 spiro atoms. The van der Waals surface area contributed by atoms with Crippen LogP contribution in [0.25, 0.3) is 0 Å². The Morgan fingerprint density at radius 3 is 2.67 bits per heavy atom. The van der Waals surface area contributed by atoms with Gasteiger partial charge in [0.25, 0.3) is 0 Å². The lowest BCUT2D eigenvalue weighted by atomic mass is 10.1. The highest BCUT2D eigenvalue weighted by molar-refractivity contribution is 14.1. The minimum Gasteiger partial charge on any atom is -0.438 e. The second-order valence-corrected chi connectivity index (χ2v) is 5.19. The molecule has 0 saturated carbocycles. The molecule has 94 valence electrons. The van der Waals surface area contributed by atoms with Crippen molar-refractivity contribution in [1.29, 1.82) is 0 Å². The maximum atomic E-state index is 5.71. The van der Waals surface area contributed by atoms with E-state index in [1.807, 2.05) is 12.1 Å². The largest absolute Gasteiger partial charge is 0.438 e. The van der Waals surface area contributed by atoms with Crippen molar-refractivity contribution in [2.75, 3.05) is 0 Å². The summed E-state index contributed by atoms with van der Waals surface area (Å²) >= 11 is 2.16. The number of aromatic nitrogens is 2. The maximum Gasteiger partial charge on any atom is 0.235 e. The van der Waals surface area contributed by atoms with Crippen LogP contribution in [-0.4, -0.2) is 9.97 Å². The normalized spacial score (nSPS) is 10.3. The molecule has 0 atom stereocenters. The second kappa shape index (κ2) is 6.68. The van der Waals surface area contributed by atoms with Crippen LogP contribution in [0.2, 0.25) is 0 Å². The first-order valence-electron chi connectivity index (χ1n) is 6.02. The standard InChI is InChI=1S/C14H15IN2O/c1-2-3-4-11-5-7-12(8-6-11)18-14-13(15)9-16-10-17-14/h5-10H,2-4H2,1H3. The van der Waals surface area contributed by atoms with Crippen molar-refractivity contribution in [2.24, 2.45) is 0 Å². The van der Waals surface area contributed by atoms with Crippen molar-refractivity contribution in [2.45, 2.75) is 26.2 Å². The van der Waals surface area contributed by atoms with E-state index in [-0.39, 0.29) is 0 Å². The molecular weight excluding hydrogens is 339 g/mol. The molecule has 0 aliphatic heterocycles. The number of hydrogen-bond acceptors (Lipinski definition) is 3. The van der Waals surface area contributed by atoms with E-state index in [0.717, 1.165) is 15.7 Å². The Kier molecular flexibility index (Phi) is 4.92. The van der Waals surface area contributed by atoms with E-state index in [2.05, 4.69) is 51.6 Å². The van der Waals surface area contributed by atoms with Crippen LogP contribution in [0.5, 0.6) is 11.6 Å². The molecule has 1 aromatic heterocycles. The van der Waals surface area contributed by atoms with E-state index in [4.69, 9.17) is 4.74 Å². The molecule has 0 N–H and O–H groups in total. The number of rotatable bonds is 5. The van der Waals surface area contributed by atoms with Gasteiger partial charge in [-0.25, -0.2) is 9.97 Å². The third-order valence-electron chi connectivity index (χ3n) is 2.59. The molecule has 18 heavy (non-hydrogen) atoms. The fourth-order valence-corrected chi connectivity index (χ4v) is 2.00. The maximum absolute atomic E-state index is 5.71. The summed E-state index contributed by atoms with van der Waals surface area (Å²) in [6.07, 6.45) is 6.80. The van der Waals surface area contributed by atoms with Gasteiger partial charge in [0.05, 0.1) is 3.57 Å². The van der Waals surface area contributed by atoms with Crippen LogP contribution in [0.1, 0.15) is 25.3 Å². The number of ether oxygens (including phenoxy) is 1. The summed E-state index contributed by atoms with van der Waals surface area (Å²) in [5, 5.41) is 0. The lowest BCUT2D eigenvalue weighted by molar-refractivity contribution is 0.457. The topological polar surface area (TPSA) is 35.0 Å². The summed E-state index contributed by atoms with van der Waals surface area (Å²) in [6.45, 7) is 2.20. The predicted octanol–water partition coefficient (Wildman–Crippen LogP) is 4.22. The highest BCUT2D eigenvalue weighted by atomic mass is 127. The monoisotopic (exact) mass is 354 g/mol. The second-order valence-electron chi connectivity index (χ2n) is 4.03. The quantitative estimate of drug-likeness (QED) is 0.755. The van der Waals surface area contributed by atoms with Gasteiger partial charge in [-0.2, -0.15) is 0 Å². The zero-order valence-electron chi connectivity index (χ0n) is 10.3. The molecule has 2 rings (SSSR count). The van der Waals surface area contributed by atoms with Gasteiger partial charge in [0.1, 0.15) is 12.1 Å². The summed E-state index contributed by atoms with van der Waals surface area (Å²) in [4.78, 5) is 8.04. The van der Waals surface area contributed by atoms with Crippen LogP contribution in [0.15, 0.2) is 36.8 Å². The number of unbranched alkanes of at least 4 members (excludes halogenated alkanes) is 1. The van der Waals surface area contributed by atoms with Crippen molar-refractivity contribution >= 4 is 22.6 Å². The lowest BCUT2D eigenvalue weighted by Gasteiger charge is -2.06. The molecule has 0 radical (unpaired) electrons. The molecular formula is C14H15IN2O. The van der Waals surface area contributed by atoms with Gasteiger partial charge in [0.2, 0.25) is 5.88 Å². The van der Waals surface area contributed by atoms with Gasteiger partial charge in [0.15, 0.2) is 0 Å². The number of hydrogen-bond donors (Lipinski definition) is 0. The van der Waals surface area contributed by atoms with Gasteiger partial charge in [0, 0.05) is 6.20 Å². The van der Waals surface area contributed by atoms with Gasteiger partial charge in [-0.15, -0.1) is 0 Å². The number of halogens is 1. The summed E-state index contributed by atoms with van der Waals surface area (Å²) in [7, 11) is 0. The van der Waals surface area contributed by atoms with Gasteiger partial charge in [-0.05, 0) is 53.1 Å². The smallest absolute Gasteiger partial charge is 0.235 e. The molecule has 0 aliphatic carbocycles. The minimum absolute atomic E-state index is 0.604. The molecule has 3 nitrogen and oxygen atoms in total. The van der Waals surface area contributed by atoms with Crippen LogP contribution >= 0.6 is 22.6 Å². The Bertz CT molecular complexity index is 499. The van der Waals surface area contributed by atoms with Crippen LogP contribution in [0, 0.1) is 3.57 Å². The van der Waals surface area contributed by atoms with Gasteiger partial charge >= 0.3 is 0 Å². The highest BCUT2D eigenvalue weighted by Gasteiger charge is 2.03. The molecule has 2 aromatic rings. The van der Waals surface area contributed by atoms with E-state index in [1.165, 1.54) is 24.7 Å². The molecule has 0 fully saturated rings. The van der Waals surface area contributed by atoms with Crippen LogP contribution in [0.4, 0.5) is 0 Å². The predicted molar refractivity (Wildman–Crippen MR) is 79.9 cm³/mol. The Hall–Kier alpha value is -1.17. The third-order valence-corrected chi connectivity index (χ3v) is 3.33. The first kappa shape index (κ1) is 13.3. The Labute approximate surface area is 121 Å². The van der Waals surface area contributed by atoms with Crippen molar-refractivity contribution < 1.29 is 4.74 Å². The van der Waals surface area contributed by atoms with Crippen molar-refractivity contribution in [1.82, 2.24) is 9.97 Å². The first-order chi connectivity index (χ1) is 8.79. The fraction of sp³-hybridized carbons (Fsp3) is 0.286. The first-order valence-corrected chi connectivity index (χ1v) is 7.09. The van der Waals surface area contributed by atoms with Crippen molar-refractivity contribution in [3.63, 3.8) is 0 Å². The van der Waals surface area contributed by atoms with Crippen LogP contribution < -0.4 is 4.74 Å². The minimum atomic E-state index is 0.604. The van der Waals surface area contributed by atoms with Crippen LogP contribution in [0.3, 0.4) is 0 Å². The molecule has 4 heteroatoms. The Morgan fingerprint density at radius 1 is 1.22 bits per heavy atom. The molecule has 1 heterocycles. The molecule has 0 bridgehead atoms. The SMILES string of the molecule is CCCCc1ccc(Oc2ncncc2I)cc1. The Morgan fingerprint density at radius 2 is 2.00 bits per heavy atom. The molecule has 0 unspecified atom stereocenters. The summed E-state index contributed by atoms with van der Waals surface area (Å²) in [6, 6.07) is 8.20. The highest BCUT2D eigenvalue weighted by Crippen LogP contribution is 2.23. The van der Waals surface area contributed by atoms with Gasteiger partial charge < -0.3 is 4.74 Å². The lowest BCUT2D eigenvalue weighted by Crippen LogP contribution is -1.92. The average Bonchev–Trinajstić information content (AvgIpc) is 2.41. The number of benzene rings is 1. The fourth-order valence-electron chi connectivity index (χ4n) is 1.59. The molecule has 0 amide bonds. The van der Waals surface area contributed by atoms with E-state index >= 15 is 0 Å². The molecule has 0 aliphatic rings. The summed E-state index contributed by atoms with van der Waals surface area (Å²) in [5.41, 5.74) is 1.35. The van der Waals surface area contributed by atoms with Crippen molar-refractivity contribution in [3.05, 3.63) is 45.9 Å². The van der Waals surface area contributed by atoms with Gasteiger partial charge in [-0.1, -0.05) is 25.5 Å². The van der Waals surface area contributed by atoms with E-state index in [0.29, 0.717) is 5.88 Å². The van der Waals surface area contributed by atoms with Crippen molar-refractivity contribution in [3.8, 4) is 11.6 Å². The number of nitrogens with zero attached hydrogens (tertiary/aromatic N) is 2.